The van der Waals surface area contributed by atoms with E-state index >= 15 is 0 Å². The highest BCUT2D eigenvalue weighted by Crippen LogP contribution is 2.30. The summed E-state index contributed by atoms with van der Waals surface area (Å²) < 4.78 is 10.8. The van der Waals surface area contributed by atoms with Crippen molar-refractivity contribution >= 4 is 23.0 Å². The molecular formula is C22H21N3O6. The number of nitrogens with one attached hydrogen (secondary N) is 1. The second-order valence-electron chi connectivity index (χ2n) is 7.02. The molecule has 1 amide bonds. The van der Waals surface area contributed by atoms with Crippen LogP contribution in [0.25, 0.3) is 11.3 Å². The summed E-state index contributed by atoms with van der Waals surface area (Å²) in [6.45, 7) is 1.97. The van der Waals surface area contributed by atoms with Crippen molar-refractivity contribution in [3.63, 3.8) is 0 Å². The average molecular weight is 423 g/mol. The van der Waals surface area contributed by atoms with Crippen LogP contribution in [0.3, 0.4) is 0 Å². The van der Waals surface area contributed by atoms with Gasteiger partial charge < -0.3 is 24.5 Å². The summed E-state index contributed by atoms with van der Waals surface area (Å²) in [7, 11) is 0. The maximum absolute atomic E-state index is 12.7. The fraction of sp³-hybridized carbons (Fsp3) is 0.227. The van der Waals surface area contributed by atoms with Crippen LogP contribution in [0.4, 0.5) is 17.1 Å². The Morgan fingerprint density at radius 3 is 2.48 bits per heavy atom. The summed E-state index contributed by atoms with van der Waals surface area (Å²) >= 11 is 0. The van der Waals surface area contributed by atoms with Gasteiger partial charge in [0.2, 0.25) is 0 Å². The van der Waals surface area contributed by atoms with Crippen molar-refractivity contribution in [2.75, 3.05) is 36.5 Å². The van der Waals surface area contributed by atoms with Crippen LogP contribution in [0.2, 0.25) is 0 Å². The molecule has 0 radical (unpaired) electrons. The van der Waals surface area contributed by atoms with E-state index in [-0.39, 0.29) is 17.9 Å². The van der Waals surface area contributed by atoms with E-state index in [1.54, 1.807) is 48.5 Å². The minimum Gasteiger partial charge on any atom is -0.459 e. The van der Waals surface area contributed by atoms with Crippen LogP contribution >= 0.6 is 0 Å². The van der Waals surface area contributed by atoms with Crippen LogP contribution in [0.1, 0.15) is 16.1 Å². The van der Waals surface area contributed by atoms with Gasteiger partial charge in [-0.05, 0) is 48.5 Å². The third kappa shape index (κ3) is 4.57. The first-order valence-electron chi connectivity index (χ1n) is 9.77. The molecule has 1 aliphatic heterocycles. The number of nitro benzene ring substituents is 1. The van der Waals surface area contributed by atoms with Crippen LogP contribution in [0.15, 0.2) is 59.0 Å². The Bertz CT molecular complexity index is 1090. The van der Waals surface area contributed by atoms with Crippen molar-refractivity contribution in [1.29, 1.82) is 0 Å². The van der Waals surface area contributed by atoms with Gasteiger partial charge >= 0.3 is 0 Å². The van der Waals surface area contributed by atoms with Gasteiger partial charge in [0, 0.05) is 36.0 Å². The van der Waals surface area contributed by atoms with Crippen molar-refractivity contribution in [2.24, 2.45) is 0 Å². The van der Waals surface area contributed by atoms with Gasteiger partial charge in [0.1, 0.15) is 23.8 Å². The molecule has 3 aromatic rings. The Kier molecular flexibility index (Phi) is 5.96. The number of rotatable bonds is 6. The number of furan rings is 1. The number of benzene rings is 2. The molecule has 0 aliphatic carbocycles. The number of aliphatic hydroxyl groups is 1. The van der Waals surface area contributed by atoms with Gasteiger partial charge in [-0.1, -0.05) is 0 Å². The third-order valence-electron chi connectivity index (χ3n) is 5.03. The van der Waals surface area contributed by atoms with Gasteiger partial charge in [-0.25, -0.2) is 0 Å². The molecule has 0 saturated carbocycles. The zero-order valence-corrected chi connectivity index (χ0v) is 16.6. The summed E-state index contributed by atoms with van der Waals surface area (Å²) in [6.07, 6.45) is 0. The molecule has 0 unspecified atom stereocenters. The maximum atomic E-state index is 12.7. The fourth-order valence-electron chi connectivity index (χ4n) is 3.42. The fourth-order valence-corrected chi connectivity index (χ4v) is 3.42. The summed E-state index contributed by atoms with van der Waals surface area (Å²) in [6, 6.07) is 14.9. The highest BCUT2D eigenvalue weighted by Gasteiger charge is 2.23. The SMILES string of the molecule is O=C(Nc1ccc(-c2ccc(CO)o2)cc1)c1ccc(N2CCOCC2)c([N+](=O)[O-])c1. The van der Waals surface area contributed by atoms with Crippen LogP contribution in [0, 0.1) is 10.1 Å². The van der Waals surface area contributed by atoms with Gasteiger partial charge in [0.05, 0.1) is 18.1 Å². The topological polar surface area (TPSA) is 118 Å². The molecule has 0 atom stereocenters. The highest BCUT2D eigenvalue weighted by molar-refractivity contribution is 6.05. The van der Waals surface area contributed by atoms with Gasteiger partial charge in [-0.2, -0.15) is 0 Å². The van der Waals surface area contributed by atoms with E-state index in [0.29, 0.717) is 49.2 Å². The molecule has 9 heteroatoms. The van der Waals surface area contributed by atoms with E-state index < -0.39 is 10.8 Å². The predicted octanol–water partition coefficient (Wildman–Crippen LogP) is 3.44. The van der Waals surface area contributed by atoms with E-state index in [2.05, 4.69) is 5.32 Å². The highest BCUT2D eigenvalue weighted by atomic mass is 16.6. The van der Waals surface area contributed by atoms with Gasteiger partial charge in [-0.3, -0.25) is 14.9 Å². The second-order valence-corrected chi connectivity index (χ2v) is 7.02. The number of carbonyl (C=O) groups is 1. The molecule has 1 aliphatic rings. The maximum Gasteiger partial charge on any atom is 0.293 e. The zero-order valence-electron chi connectivity index (χ0n) is 16.6. The lowest BCUT2D eigenvalue weighted by atomic mass is 10.1. The summed E-state index contributed by atoms with van der Waals surface area (Å²) in [5.74, 6) is 0.635. The average Bonchev–Trinajstić information content (AvgIpc) is 3.29. The number of morpholine rings is 1. The van der Waals surface area contributed by atoms with Crippen molar-refractivity contribution in [1.82, 2.24) is 0 Å². The standard InChI is InChI=1S/C22H21N3O6/c26-14-18-6-8-21(31-18)15-1-4-17(5-2-15)23-22(27)16-3-7-19(20(13-16)25(28)29)24-9-11-30-12-10-24/h1-8,13,26H,9-12,14H2,(H,23,27). The molecule has 31 heavy (non-hydrogen) atoms. The van der Waals surface area contributed by atoms with Crippen molar-refractivity contribution in [3.05, 3.63) is 76.0 Å². The number of aliphatic hydroxyl groups excluding tert-OH is 1. The lowest BCUT2D eigenvalue weighted by Crippen LogP contribution is -2.36. The molecule has 1 saturated heterocycles. The molecule has 9 nitrogen and oxygen atoms in total. The van der Waals surface area contributed by atoms with Gasteiger partial charge in [0.15, 0.2) is 0 Å². The Morgan fingerprint density at radius 2 is 1.84 bits per heavy atom. The number of carbonyl (C=O) groups excluding carboxylic acids is 1. The van der Waals surface area contributed by atoms with Crippen molar-refractivity contribution in [2.45, 2.75) is 6.61 Å². The molecule has 160 valence electrons. The normalized spacial score (nSPS) is 13.8. The Hall–Kier alpha value is -3.69. The number of ether oxygens (including phenoxy) is 1. The van der Waals surface area contributed by atoms with Crippen molar-refractivity contribution < 1.29 is 24.0 Å². The minimum absolute atomic E-state index is 0.109. The number of anilines is 2. The van der Waals surface area contributed by atoms with E-state index in [4.69, 9.17) is 14.3 Å². The zero-order chi connectivity index (χ0) is 21.8. The van der Waals surface area contributed by atoms with Gasteiger partial charge in [0.25, 0.3) is 11.6 Å². The molecule has 1 fully saturated rings. The molecule has 2 N–H and O–H groups in total. The second kappa shape index (κ2) is 8.99. The van der Waals surface area contributed by atoms with Crippen LogP contribution in [-0.4, -0.2) is 42.2 Å². The largest absolute Gasteiger partial charge is 0.459 e. The predicted molar refractivity (Wildman–Crippen MR) is 114 cm³/mol. The summed E-state index contributed by atoms with van der Waals surface area (Å²) in [5.41, 5.74) is 1.91. The molecule has 1 aromatic heterocycles. The quantitative estimate of drug-likeness (QED) is 0.461. The first-order valence-corrected chi connectivity index (χ1v) is 9.77. The first kappa shape index (κ1) is 20.6. The molecule has 2 heterocycles. The molecule has 0 spiro atoms. The molecule has 2 aromatic carbocycles. The molecule has 0 bridgehead atoms. The lowest BCUT2D eigenvalue weighted by Gasteiger charge is -2.28. The Labute approximate surface area is 178 Å². The number of amides is 1. The van der Waals surface area contributed by atoms with E-state index in [1.807, 2.05) is 4.90 Å². The monoisotopic (exact) mass is 423 g/mol. The smallest absolute Gasteiger partial charge is 0.293 e. The minimum atomic E-state index is -0.472. The number of nitrogens with zero attached hydrogens (tertiary/aromatic N) is 2. The van der Waals surface area contributed by atoms with Gasteiger partial charge in [-0.15, -0.1) is 0 Å². The summed E-state index contributed by atoms with van der Waals surface area (Å²) in [4.78, 5) is 25.7. The molecular weight excluding hydrogens is 402 g/mol. The third-order valence-corrected chi connectivity index (χ3v) is 5.03. The van der Waals surface area contributed by atoms with E-state index in [0.717, 1.165) is 5.56 Å². The number of hydrogen-bond acceptors (Lipinski definition) is 7. The number of hydrogen-bond donors (Lipinski definition) is 2. The van der Waals surface area contributed by atoms with Crippen LogP contribution in [0.5, 0.6) is 0 Å². The van der Waals surface area contributed by atoms with E-state index in [9.17, 15) is 14.9 Å². The Morgan fingerprint density at radius 1 is 1.10 bits per heavy atom. The first-order chi connectivity index (χ1) is 15.0. The number of nitro groups is 1. The Balaban J connectivity index is 1.50. The molecule has 4 rings (SSSR count). The van der Waals surface area contributed by atoms with Crippen LogP contribution < -0.4 is 10.2 Å². The van der Waals surface area contributed by atoms with Crippen molar-refractivity contribution in [3.8, 4) is 11.3 Å². The lowest BCUT2D eigenvalue weighted by molar-refractivity contribution is -0.384. The van der Waals surface area contributed by atoms with E-state index in [1.165, 1.54) is 6.07 Å². The summed E-state index contributed by atoms with van der Waals surface area (Å²) in [5, 5.41) is 23.4. The van der Waals surface area contributed by atoms with Crippen LogP contribution in [-0.2, 0) is 11.3 Å².